The molecule has 0 aromatic carbocycles. The predicted molar refractivity (Wildman–Crippen MR) is 119 cm³/mol. The van der Waals surface area contributed by atoms with Crippen molar-refractivity contribution in [3.63, 3.8) is 0 Å². The second kappa shape index (κ2) is 11.6. The van der Waals surface area contributed by atoms with Gasteiger partial charge in [-0.05, 0) is 26.5 Å². The van der Waals surface area contributed by atoms with Gasteiger partial charge in [0.15, 0.2) is 0 Å². The van der Waals surface area contributed by atoms with Crippen LogP contribution in [0.3, 0.4) is 0 Å². The van der Waals surface area contributed by atoms with E-state index in [9.17, 15) is 14.4 Å². The van der Waals surface area contributed by atoms with Gasteiger partial charge in [0.05, 0.1) is 12.2 Å². The molecule has 0 aliphatic heterocycles. The van der Waals surface area contributed by atoms with Crippen molar-refractivity contribution in [3.8, 4) is 0 Å². The summed E-state index contributed by atoms with van der Waals surface area (Å²) >= 11 is 1.13. The Labute approximate surface area is 183 Å². The first-order chi connectivity index (χ1) is 14.9. The van der Waals surface area contributed by atoms with E-state index in [0.717, 1.165) is 24.2 Å². The number of carbonyl (C=O) groups is 3. The van der Waals surface area contributed by atoms with Crippen LogP contribution in [0.5, 0.6) is 0 Å². The highest BCUT2D eigenvalue weighted by atomic mass is 32.1. The molecule has 31 heavy (non-hydrogen) atoms. The van der Waals surface area contributed by atoms with E-state index in [1.807, 2.05) is 6.92 Å². The largest absolute Gasteiger partial charge is 0.342 e. The third-order valence-electron chi connectivity index (χ3n) is 4.19. The Morgan fingerprint density at radius 3 is 2.71 bits per heavy atom. The van der Waals surface area contributed by atoms with Crippen LogP contribution in [0.4, 0.5) is 5.82 Å². The maximum Gasteiger partial charge on any atom is 0.270 e. The van der Waals surface area contributed by atoms with Crippen LogP contribution in [-0.2, 0) is 11.2 Å². The monoisotopic (exact) mass is 444 g/mol. The summed E-state index contributed by atoms with van der Waals surface area (Å²) in [4.78, 5) is 56.1. The van der Waals surface area contributed by atoms with Crippen molar-refractivity contribution in [2.45, 2.75) is 39.2 Å². The zero-order chi connectivity index (χ0) is 22.8. The minimum Gasteiger partial charge on any atom is -0.342 e. The molecule has 0 saturated carbocycles. The molecule has 2 rings (SSSR count). The Bertz CT molecular complexity index is 988. The number of thiazole rings is 1. The summed E-state index contributed by atoms with van der Waals surface area (Å²) in [7, 11) is 1.48. The maximum atomic E-state index is 12.9. The average molecular weight is 445 g/mol. The molecule has 0 aliphatic rings. The van der Waals surface area contributed by atoms with E-state index in [1.165, 1.54) is 19.6 Å². The lowest BCUT2D eigenvalue weighted by Crippen LogP contribution is -2.29. The summed E-state index contributed by atoms with van der Waals surface area (Å²) in [6.45, 7) is 7.10. The number of anilines is 1. The molecule has 0 saturated heterocycles. The van der Waals surface area contributed by atoms with E-state index in [4.69, 9.17) is 0 Å². The van der Waals surface area contributed by atoms with E-state index in [2.05, 4.69) is 47.6 Å². The molecular formula is C19H24N8O3S. The maximum absolute atomic E-state index is 12.9. The number of aliphatic imine (C=N–C) groups is 2. The van der Waals surface area contributed by atoms with Gasteiger partial charge in [0.1, 0.15) is 27.7 Å². The normalized spacial score (nSPS) is 12.0. The van der Waals surface area contributed by atoms with Crippen molar-refractivity contribution in [2.75, 3.05) is 12.4 Å². The Kier molecular flexibility index (Phi) is 8.88. The number of carbonyl (C=O) groups excluding carboxylic acids is 3. The molecule has 2 aromatic heterocycles. The van der Waals surface area contributed by atoms with Gasteiger partial charge in [0, 0.05) is 12.6 Å². The highest BCUT2D eigenvalue weighted by Crippen LogP contribution is 2.22. The number of rotatable bonds is 9. The molecule has 12 heteroatoms. The van der Waals surface area contributed by atoms with Crippen molar-refractivity contribution in [3.05, 3.63) is 33.7 Å². The molecule has 3 amide bonds. The number of unbranched alkanes of at least 4 members (excludes halogenated alkanes) is 1. The Balaban J connectivity index is 2.17. The summed E-state index contributed by atoms with van der Waals surface area (Å²) in [5, 5.41) is 8.40. The summed E-state index contributed by atoms with van der Waals surface area (Å²) in [5.74, 6) is -0.428. The number of nitrogens with one attached hydrogen (secondary N) is 3. The summed E-state index contributed by atoms with van der Waals surface area (Å²) in [6.07, 6.45) is 5.42. The number of aromatic nitrogens is 3. The average Bonchev–Trinajstić information content (AvgIpc) is 3.27. The number of amides is 3. The molecule has 164 valence electrons. The van der Waals surface area contributed by atoms with Gasteiger partial charge >= 0.3 is 0 Å². The van der Waals surface area contributed by atoms with Crippen LogP contribution in [0.15, 0.2) is 22.5 Å². The number of hydrogen-bond donors (Lipinski definition) is 3. The zero-order valence-electron chi connectivity index (χ0n) is 17.5. The van der Waals surface area contributed by atoms with Crippen LogP contribution in [0.25, 0.3) is 0 Å². The number of guanidine groups is 1. The molecule has 0 aliphatic carbocycles. The van der Waals surface area contributed by atoms with Crippen LogP contribution >= 0.6 is 11.3 Å². The lowest BCUT2D eigenvalue weighted by molar-refractivity contribution is -0.105. The van der Waals surface area contributed by atoms with Gasteiger partial charge in [0.25, 0.3) is 11.8 Å². The fourth-order valence-corrected chi connectivity index (χ4v) is 3.44. The van der Waals surface area contributed by atoms with E-state index in [1.54, 1.807) is 6.92 Å². The third kappa shape index (κ3) is 6.22. The summed E-state index contributed by atoms with van der Waals surface area (Å²) in [6, 6.07) is -0.479. The smallest absolute Gasteiger partial charge is 0.270 e. The van der Waals surface area contributed by atoms with Gasteiger partial charge in [-0.1, -0.05) is 13.3 Å². The lowest BCUT2D eigenvalue weighted by Gasteiger charge is -2.14. The van der Waals surface area contributed by atoms with E-state index in [0.29, 0.717) is 34.1 Å². The first kappa shape index (κ1) is 23.7. The van der Waals surface area contributed by atoms with Gasteiger partial charge in [0.2, 0.25) is 12.4 Å². The topological polar surface area (TPSA) is 151 Å². The van der Waals surface area contributed by atoms with Crippen LogP contribution in [0.1, 0.15) is 63.5 Å². The molecule has 0 radical (unpaired) electrons. The van der Waals surface area contributed by atoms with Crippen molar-refractivity contribution < 1.29 is 14.4 Å². The van der Waals surface area contributed by atoms with Gasteiger partial charge in [-0.2, -0.15) is 0 Å². The Morgan fingerprint density at radius 1 is 1.29 bits per heavy atom. The molecule has 0 spiro atoms. The molecule has 1 unspecified atom stereocenters. The first-order valence-corrected chi connectivity index (χ1v) is 10.3. The molecule has 0 fully saturated rings. The van der Waals surface area contributed by atoms with Gasteiger partial charge in [-0.3, -0.25) is 24.7 Å². The Morgan fingerprint density at radius 2 is 2.06 bits per heavy atom. The van der Waals surface area contributed by atoms with E-state index in [-0.39, 0.29) is 11.7 Å². The molecule has 2 aromatic rings. The standard InChI is InChI=1S/C19H24N8O3S/c1-5-6-7-12-14(23-9-24-15(12)25-10-28)17(30)26-11(2)18-22-8-13(31-18)16(29)27-19(20-3)21-4/h8-11H,3,5-7H2,1-2,4H3,(H,26,30)(H,21,27,29)(H,23,24,25,28). The third-order valence-corrected chi connectivity index (χ3v) is 5.37. The van der Waals surface area contributed by atoms with Crippen LogP contribution in [-0.4, -0.2) is 52.9 Å². The summed E-state index contributed by atoms with van der Waals surface area (Å²) in [5.41, 5.74) is 0.763. The number of nitrogens with zero attached hydrogens (tertiary/aromatic N) is 5. The van der Waals surface area contributed by atoms with Crippen LogP contribution in [0.2, 0.25) is 0 Å². The van der Waals surface area contributed by atoms with Crippen LogP contribution in [0, 0.1) is 0 Å². The Hall–Kier alpha value is -3.54. The summed E-state index contributed by atoms with van der Waals surface area (Å²) < 4.78 is 0. The highest BCUT2D eigenvalue weighted by molar-refractivity contribution is 7.13. The van der Waals surface area contributed by atoms with Gasteiger partial charge < -0.3 is 10.6 Å². The van der Waals surface area contributed by atoms with E-state index >= 15 is 0 Å². The van der Waals surface area contributed by atoms with Crippen molar-refractivity contribution in [1.82, 2.24) is 25.6 Å². The molecular weight excluding hydrogens is 420 g/mol. The highest BCUT2D eigenvalue weighted by Gasteiger charge is 2.22. The molecule has 3 N–H and O–H groups in total. The molecule has 1 atom stereocenters. The van der Waals surface area contributed by atoms with E-state index < -0.39 is 17.9 Å². The fourth-order valence-electron chi connectivity index (χ4n) is 2.63. The van der Waals surface area contributed by atoms with Crippen molar-refractivity contribution in [2.24, 2.45) is 9.98 Å². The minimum atomic E-state index is -0.479. The SMILES string of the molecule is C=NC(=NC)NC(=O)c1cnc(C(C)NC(=O)c2ncnc(NC=O)c2CCCC)s1. The first-order valence-electron chi connectivity index (χ1n) is 9.50. The van der Waals surface area contributed by atoms with Gasteiger partial charge in [-0.25, -0.2) is 19.9 Å². The van der Waals surface area contributed by atoms with Crippen molar-refractivity contribution >= 4 is 48.1 Å². The second-order valence-electron chi connectivity index (χ2n) is 6.33. The van der Waals surface area contributed by atoms with Crippen LogP contribution < -0.4 is 16.0 Å². The molecule has 11 nitrogen and oxygen atoms in total. The van der Waals surface area contributed by atoms with Crippen molar-refractivity contribution in [1.29, 1.82) is 0 Å². The number of hydrogen-bond acceptors (Lipinski definition) is 8. The van der Waals surface area contributed by atoms with Gasteiger partial charge in [-0.15, -0.1) is 11.3 Å². The minimum absolute atomic E-state index is 0.101. The second-order valence-corrected chi connectivity index (χ2v) is 7.39. The zero-order valence-corrected chi connectivity index (χ0v) is 18.3. The predicted octanol–water partition coefficient (Wildman–Crippen LogP) is 1.75. The molecule has 0 bridgehead atoms. The fraction of sp³-hybridized carbons (Fsp3) is 0.368. The molecule has 2 heterocycles. The lowest BCUT2D eigenvalue weighted by atomic mass is 10.1. The quantitative estimate of drug-likeness (QED) is 0.304.